The largest absolute Gasteiger partial charge is 0.392 e. The number of hydrogen-bond donors (Lipinski definition) is 2. The van der Waals surface area contributed by atoms with Gasteiger partial charge in [-0.3, -0.25) is 0 Å². The summed E-state index contributed by atoms with van der Waals surface area (Å²) in [7, 11) is 0. The second-order valence-corrected chi connectivity index (χ2v) is 6.37. The van der Waals surface area contributed by atoms with E-state index in [1.807, 2.05) is 0 Å². The molecule has 0 aromatic carbocycles. The normalized spacial score (nSPS) is 23.8. The molecule has 2 aliphatic carbocycles. The molecule has 2 fully saturated rings. The van der Waals surface area contributed by atoms with Crippen molar-refractivity contribution in [1.29, 1.82) is 0 Å². The van der Waals surface area contributed by atoms with Gasteiger partial charge in [0.2, 0.25) is 0 Å². The molecule has 19 heavy (non-hydrogen) atoms. The van der Waals surface area contributed by atoms with E-state index >= 15 is 0 Å². The lowest BCUT2D eigenvalue weighted by Crippen LogP contribution is -2.31. The third kappa shape index (κ3) is 6.24. The van der Waals surface area contributed by atoms with E-state index in [-0.39, 0.29) is 6.10 Å². The molecule has 0 bridgehead atoms. The fraction of sp³-hybridized carbons (Fsp3) is 1.00. The van der Waals surface area contributed by atoms with Gasteiger partial charge < -0.3 is 15.2 Å². The van der Waals surface area contributed by atoms with Crippen molar-refractivity contribution in [2.75, 3.05) is 19.7 Å². The van der Waals surface area contributed by atoms with Crippen LogP contribution in [0, 0.1) is 5.92 Å². The minimum atomic E-state index is -0.169. The van der Waals surface area contributed by atoms with Gasteiger partial charge in [0.15, 0.2) is 0 Å². The minimum Gasteiger partial charge on any atom is -0.392 e. The van der Waals surface area contributed by atoms with Gasteiger partial charge in [-0.1, -0.05) is 44.9 Å². The Hall–Kier alpha value is -0.120. The third-order valence-electron chi connectivity index (χ3n) is 4.64. The lowest BCUT2D eigenvalue weighted by Gasteiger charge is -2.22. The number of hydrogen-bond acceptors (Lipinski definition) is 3. The molecule has 0 saturated heterocycles. The van der Waals surface area contributed by atoms with Gasteiger partial charge in [0.1, 0.15) is 0 Å². The van der Waals surface area contributed by atoms with E-state index < -0.39 is 0 Å². The van der Waals surface area contributed by atoms with Gasteiger partial charge in [0.25, 0.3) is 0 Å². The molecular formula is C16H31NO2. The quantitative estimate of drug-likeness (QED) is 0.666. The van der Waals surface area contributed by atoms with E-state index in [0.717, 1.165) is 32.0 Å². The first-order valence-corrected chi connectivity index (χ1v) is 8.35. The molecule has 2 aliphatic rings. The average Bonchev–Trinajstić information content (AvgIpc) is 2.92. The maximum Gasteiger partial charge on any atom is 0.0667 e. The van der Waals surface area contributed by atoms with Crippen LogP contribution in [0.2, 0.25) is 0 Å². The minimum absolute atomic E-state index is 0.169. The Balaban J connectivity index is 1.42. The van der Waals surface area contributed by atoms with E-state index in [4.69, 9.17) is 4.74 Å². The molecule has 112 valence electrons. The zero-order valence-electron chi connectivity index (χ0n) is 12.3. The predicted octanol–water partition coefficient (Wildman–Crippen LogP) is 2.87. The highest BCUT2D eigenvalue weighted by atomic mass is 16.5. The molecule has 1 atom stereocenters. The first-order valence-electron chi connectivity index (χ1n) is 8.35. The van der Waals surface area contributed by atoms with Crippen molar-refractivity contribution in [3.63, 3.8) is 0 Å². The van der Waals surface area contributed by atoms with Crippen LogP contribution in [-0.4, -0.2) is 37.0 Å². The monoisotopic (exact) mass is 269 g/mol. The highest BCUT2D eigenvalue weighted by Crippen LogP contribution is 2.28. The van der Waals surface area contributed by atoms with Crippen molar-refractivity contribution in [1.82, 2.24) is 5.32 Å². The SMILES string of the molecule is OC(CNCCOC1CCCCC1)CC1CCCC1. The van der Waals surface area contributed by atoms with Gasteiger partial charge in [-0.05, 0) is 25.2 Å². The standard InChI is InChI=1S/C16H31NO2/c18-15(12-14-6-4-5-7-14)13-17-10-11-19-16-8-2-1-3-9-16/h14-18H,1-13H2. The number of nitrogens with one attached hydrogen (secondary N) is 1. The van der Waals surface area contributed by atoms with Crippen LogP contribution in [0.25, 0.3) is 0 Å². The summed E-state index contributed by atoms with van der Waals surface area (Å²) >= 11 is 0. The van der Waals surface area contributed by atoms with E-state index in [0.29, 0.717) is 6.10 Å². The second kappa shape index (κ2) is 8.93. The number of ether oxygens (including phenoxy) is 1. The van der Waals surface area contributed by atoms with E-state index in [1.54, 1.807) is 0 Å². The summed E-state index contributed by atoms with van der Waals surface area (Å²) in [6.07, 6.45) is 13.2. The van der Waals surface area contributed by atoms with Crippen LogP contribution in [0.3, 0.4) is 0 Å². The van der Waals surface area contributed by atoms with Crippen LogP contribution in [0.1, 0.15) is 64.2 Å². The molecular weight excluding hydrogens is 238 g/mol. The summed E-state index contributed by atoms with van der Waals surface area (Å²) < 4.78 is 5.85. The molecule has 2 rings (SSSR count). The maximum atomic E-state index is 9.95. The van der Waals surface area contributed by atoms with Gasteiger partial charge >= 0.3 is 0 Å². The summed E-state index contributed by atoms with van der Waals surface area (Å²) in [5.74, 6) is 0.773. The van der Waals surface area contributed by atoms with E-state index in [1.165, 1.54) is 57.8 Å². The first-order chi connectivity index (χ1) is 9.34. The number of aliphatic hydroxyl groups excluding tert-OH is 1. The molecule has 0 aromatic rings. The molecule has 0 aromatic heterocycles. The van der Waals surface area contributed by atoms with Crippen molar-refractivity contribution in [3.8, 4) is 0 Å². The Labute approximate surface area is 118 Å². The summed E-state index contributed by atoms with van der Waals surface area (Å²) in [6, 6.07) is 0. The maximum absolute atomic E-state index is 9.95. The molecule has 1 unspecified atom stereocenters. The number of aliphatic hydroxyl groups is 1. The molecule has 0 radical (unpaired) electrons. The summed E-state index contributed by atoms with van der Waals surface area (Å²) in [4.78, 5) is 0. The van der Waals surface area contributed by atoms with Gasteiger partial charge in [0, 0.05) is 13.1 Å². The predicted molar refractivity (Wildman–Crippen MR) is 78.3 cm³/mol. The van der Waals surface area contributed by atoms with Crippen LogP contribution < -0.4 is 5.32 Å². The molecule has 2 saturated carbocycles. The lowest BCUT2D eigenvalue weighted by atomic mass is 9.98. The summed E-state index contributed by atoms with van der Waals surface area (Å²) in [6.45, 7) is 2.39. The summed E-state index contributed by atoms with van der Waals surface area (Å²) in [5.41, 5.74) is 0. The Morgan fingerprint density at radius 3 is 2.42 bits per heavy atom. The highest BCUT2D eigenvalue weighted by Gasteiger charge is 2.18. The molecule has 3 heteroatoms. The van der Waals surface area contributed by atoms with Crippen molar-refractivity contribution >= 4 is 0 Å². The average molecular weight is 269 g/mol. The number of rotatable bonds is 8. The highest BCUT2D eigenvalue weighted by molar-refractivity contribution is 4.72. The van der Waals surface area contributed by atoms with Crippen molar-refractivity contribution in [2.24, 2.45) is 5.92 Å². The van der Waals surface area contributed by atoms with Crippen LogP contribution in [0.5, 0.6) is 0 Å². The topological polar surface area (TPSA) is 41.5 Å². The van der Waals surface area contributed by atoms with Crippen LogP contribution >= 0.6 is 0 Å². The molecule has 2 N–H and O–H groups in total. The van der Waals surface area contributed by atoms with Crippen molar-refractivity contribution in [2.45, 2.75) is 76.4 Å². The Bertz CT molecular complexity index is 223. The van der Waals surface area contributed by atoms with E-state index in [9.17, 15) is 5.11 Å². The fourth-order valence-corrected chi connectivity index (χ4v) is 3.51. The van der Waals surface area contributed by atoms with Crippen molar-refractivity contribution < 1.29 is 9.84 Å². The van der Waals surface area contributed by atoms with Gasteiger partial charge in [0.05, 0.1) is 18.8 Å². The molecule has 0 heterocycles. The summed E-state index contributed by atoms with van der Waals surface area (Å²) in [5, 5.41) is 13.3. The Morgan fingerprint density at radius 2 is 1.68 bits per heavy atom. The van der Waals surface area contributed by atoms with Crippen LogP contribution in [-0.2, 0) is 4.74 Å². The lowest BCUT2D eigenvalue weighted by molar-refractivity contribution is 0.0289. The molecule has 0 amide bonds. The Morgan fingerprint density at radius 1 is 1.00 bits per heavy atom. The van der Waals surface area contributed by atoms with Gasteiger partial charge in [-0.2, -0.15) is 0 Å². The van der Waals surface area contributed by atoms with Gasteiger partial charge in [-0.25, -0.2) is 0 Å². The zero-order valence-corrected chi connectivity index (χ0v) is 12.3. The van der Waals surface area contributed by atoms with E-state index in [2.05, 4.69) is 5.32 Å². The zero-order chi connectivity index (χ0) is 13.3. The third-order valence-corrected chi connectivity index (χ3v) is 4.64. The molecule has 0 aliphatic heterocycles. The van der Waals surface area contributed by atoms with Crippen LogP contribution in [0.15, 0.2) is 0 Å². The fourth-order valence-electron chi connectivity index (χ4n) is 3.51. The smallest absolute Gasteiger partial charge is 0.0667 e. The van der Waals surface area contributed by atoms with Gasteiger partial charge in [-0.15, -0.1) is 0 Å². The molecule has 0 spiro atoms. The first kappa shape index (κ1) is 15.3. The Kier molecular flexibility index (Phi) is 7.18. The van der Waals surface area contributed by atoms with Crippen LogP contribution in [0.4, 0.5) is 0 Å². The second-order valence-electron chi connectivity index (χ2n) is 6.37. The molecule has 3 nitrogen and oxygen atoms in total. The van der Waals surface area contributed by atoms with Crippen molar-refractivity contribution in [3.05, 3.63) is 0 Å².